The van der Waals surface area contributed by atoms with Crippen molar-refractivity contribution in [3.05, 3.63) is 48.3 Å². The Morgan fingerprint density at radius 1 is 1.25 bits per heavy atom. The fourth-order valence-corrected chi connectivity index (χ4v) is 3.25. The summed E-state index contributed by atoms with van der Waals surface area (Å²) in [5, 5.41) is 3.22. The molecule has 1 aliphatic heterocycles. The maximum atomic E-state index is 11.1. The predicted molar refractivity (Wildman–Crippen MR) is 93.8 cm³/mol. The van der Waals surface area contributed by atoms with Gasteiger partial charge in [-0.1, -0.05) is 6.07 Å². The molecule has 3 heterocycles. The quantitative estimate of drug-likeness (QED) is 0.848. The van der Waals surface area contributed by atoms with Gasteiger partial charge in [-0.25, -0.2) is 9.97 Å². The summed E-state index contributed by atoms with van der Waals surface area (Å²) in [6, 6.07) is 9.86. The molecule has 0 aliphatic carbocycles. The number of aromatic nitrogens is 2. The van der Waals surface area contributed by atoms with E-state index in [1.165, 1.54) is 12.0 Å². The summed E-state index contributed by atoms with van der Waals surface area (Å²) in [5.41, 5.74) is 6.56. The summed E-state index contributed by atoms with van der Waals surface area (Å²) in [5.74, 6) is 1.88. The number of anilines is 2. The molecule has 6 heteroatoms. The molecule has 2 aromatic rings. The Kier molecular flexibility index (Phi) is 5.38. The average molecular weight is 325 g/mol. The molecule has 3 rings (SSSR count). The van der Waals surface area contributed by atoms with Crippen LogP contribution in [0.25, 0.3) is 0 Å². The normalized spacial score (nSPS) is 18.2. The van der Waals surface area contributed by atoms with Crippen LogP contribution in [0.3, 0.4) is 0 Å². The van der Waals surface area contributed by atoms with Gasteiger partial charge in [0, 0.05) is 18.9 Å². The van der Waals surface area contributed by atoms with Gasteiger partial charge in [-0.05, 0) is 61.6 Å². The maximum absolute atomic E-state index is 11.1. The van der Waals surface area contributed by atoms with E-state index in [0.29, 0.717) is 12.5 Å². The Labute approximate surface area is 142 Å². The highest BCUT2D eigenvalue weighted by molar-refractivity contribution is 5.75. The number of primary amides is 1. The molecule has 0 unspecified atom stereocenters. The van der Waals surface area contributed by atoms with Gasteiger partial charge in [0.1, 0.15) is 11.6 Å². The smallest absolute Gasteiger partial charge is 0.231 e. The van der Waals surface area contributed by atoms with Crippen LogP contribution in [0.15, 0.2) is 42.7 Å². The highest BCUT2D eigenvalue weighted by Gasteiger charge is 2.21. The minimum Gasteiger partial charge on any atom is -0.369 e. The molecule has 0 bridgehead atoms. The first-order valence-corrected chi connectivity index (χ1v) is 8.32. The van der Waals surface area contributed by atoms with E-state index in [4.69, 9.17) is 5.73 Å². The summed E-state index contributed by atoms with van der Waals surface area (Å²) in [6.45, 7) is 2.25. The fourth-order valence-electron chi connectivity index (χ4n) is 3.25. The van der Waals surface area contributed by atoms with Gasteiger partial charge in [0.15, 0.2) is 0 Å². The van der Waals surface area contributed by atoms with Gasteiger partial charge in [0.25, 0.3) is 0 Å². The minimum atomic E-state index is -0.249. The molecule has 0 radical (unpaired) electrons. The van der Waals surface area contributed by atoms with E-state index in [2.05, 4.69) is 32.3 Å². The van der Waals surface area contributed by atoms with Crippen molar-refractivity contribution in [1.29, 1.82) is 0 Å². The topological polar surface area (TPSA) is 84.1 Å². The molecule has 2 aromatic heterocycles. The van der Waals surface area contributed by atoms with Gasteiger partial charge >= 0.3 is 0 Å². The zero-order valence-electron chi connectivity index (χ0n) is 13.7. The third-order valence-electron chi connectivity index (χ3n) is 4.25. The third-order valence-corrected chi connectivity index (χ3v) is 4.25. The molecular formula is C18H23N5O. The lowest BCUT2D eigenvalue weighted by Crippen LogP contribution is -2.41. The summed E-state index contributed by atoms with van der Waals surface area (Å²) < 4.78 is 0. The summed E-state index contributed by atoms with van der Waals surface area (Å²) >= 11 is 0. The van der Waals surface area contributed by atoms with Gasteiger partial charge < -0.3 is 11.1 Å². The SMILES string of the molecule is NC(=O)CN1CCC[C@H](Cc2ccnc(Nc3ccccn3)c2)C1. The summed E-state index contributed by atoms with van der Waals surface area (Å²) in [7, 11) is 0. The second kappa shape index (κ2) is 7.88. The van der Waals surface area contributed by atoms with Crippen LogP contribution in [0.4, 0.5) is 11.6 Å². The number of piperidine rings is 1. The molecule has 1 saturated heterocycles. The van der Waals surface area contributed by atoms with Crippen molar-refractivity contribution in [2.24, 2.45) is 11.7 Å². The molecule has 3 N–H and O–H groups in total. The second-order valence-electron chi connectivity index (χ2n) is 6.30. The number of nitrogens with one attached hydrogen (secondary N) is 1. The largest absolute Gasteiger partial charge is 0.369 e. The maximum Gasteiger partial charge on any atom is 0.231 e. The Morgan fingerprint density at radius 2 is 2.12 bits per heavy atom. The highest BCUT2D eigenvalue weighted by atomic mass is 16.1. The molecule has 1 fully saturated rings. The van der Waals surface area contributed by atoms with Crippen molar-refractivity contribution < 1.29 is 4.79 Å². The van der Waals surface area contributed by atoms with Crippen molar-refractivity contribution >= 4 is 17.5 Å². The van der Waals surface area contributed by atoms with Crippen LogP contribution in [-0.2, 0) is 11.2 Å². The number of amides is 1. The molecular weight excluding hydrogens is 302 g/mol. The number of carbonyl (C=O) groups excluding carboxylic acids is 1. The van der Waals surface area contributed by atoms with Crippen LogP contribution in [0, 0.1) is 5.92 Å². The molecule has 1 atom stereocenters. The van der Waals surface area contributed by atoms with Crippen molar-refractivity contribution in [1.82, 2.24) is 14.9 Å². The number of hydrogen-bond acceptors (Lipinski definition) is 5. The standard InChI is InChI=1S/C18H23N5O/c19-16(24)13-23-9-3-4-15(12-23)10-14-6-8-21-18(11-14)22-17-5-1-2-7-20-17/h1-2,5-8,11,15H,3-4,9-10,12-13H2,(H2,19,24)(H,20,21,22)/t15-/m1/s1. The first kappa shape index (κ1) is 16.4. The summed E-state index contributed by atoms with van der Waals surface area (Å²) in [6.07, 6.45) is 6.85. The molecule has 1 aliphatic rings. The fraction of sp³-hybridized carbons (Fsp3) is 0.389. The molecule has 0 aromatic carbocycles. The van der Waals surface area contributed by atoms with Gasteiger partial charge in [-0.3, -0.25) is 9.69 Å². The van der Waals surface area contributed by atoms with Crippen LogP contribution in [0.1, 0.15) is 18.4 Å². The van der Waals surface area contributed by atoms with Crippen molar-refractivity contribution in [3.8, 4) is 0 Å². The van der Waals surface area contributed by atoms with Crippen LogP contribution >= 0.6 is 0 Å². The first-order valence-electron chi connectivity index (χ1n) is 8.32. The number of nitrogens with zero attached hydrogens (tertiary/aromatic N) is 3. The van der Waals surface area contributed by atoms with Crippen molar-refractivity contribution in [2.75, 3.05) is 25.0 Å². The van der Waals surface area contributed by atoms with E-state index in [1.54, 1.807) is 6.20 Å². The van der Waals surface area contributed by atoms with Crippen LogP contribution in [0.5, 0.6) is 0 Å². The summed E-state index contributed by atoms with van der Waals surface area (Å²) in [4.78, 5) is 21.9. The van der Waals surface area contributed by atoms with E-state index in [-0.39, 0.29) is 5.91 Å². The monoisotopic (exact) mass is 325 g/mol. The Balaban J connectivity index is 1.61. The van der Waals surface area contributed by atoms with Crippen molar-refractivity contribution in [2.45, 2.75) is 19.3 Å². The van der Waals surface area contributed by atoms with E-state index >= 15 is 0 Å². The lowest BCUT2D eigenvalue weighted by molar-refractivity contribution is -0.119. The molecule has 6 nitrogen and oxygen atoms in total. The number of likely N-dealkylation sites (tertiary alicyclic amines) is 1. The number of carbonyl (C=O) groups is 1. The van der Waals surface area contributed by atoms with E-state index in [9.17, 15) is 4.79 Å². The van der Waals surface area contributed by atoms with Gasteiger partial charge in [-0.2, -0.15) is 0 Å². The Hall–Kier alpha value is -2.47. The molecule has 24 heavy (non-hydrogen) atoms. The van der Waals surface area contributed by atoms with Gasteiger partial charge in [-0.15, -0.1) is 0 Å². The minimum absolute atomic E-state index is 0.249. The average Bonchev–Trinajstić information content (AvgIpc) is 2.56. The van der Waals surface area contributed by atoms with Crippen LogP contribution in [-0.4, -0.2) is 40.4 Å². The zero-order valence-corrected chi connectivity index (χ0v) is 13.7. The Bertz CT molecular complexity index is 676. The highest BCUT2D eigenvalue weighted by Crippen LogP contribution is 2.22. The van der Waals surface area contributed by atoms with E-state index < -0.39 is 0 Å². The van der Waals surface area contributed by atoms with E-state index in [0.717, 1.165) is 37.6 Å². The number of nitrogens with two attached hydrogens (primary N) is 1. The number of rotatable bonds is 6. The van der Waals surface area contributed by atoms with Gasteiger partial charge in [0.2, 0.25) is 5.91 Å². The lowest BCUT2D eigenvalue weighted by Gasteiger charge is -2.31. The second-order valence-corrected chi connectivity index (χ2v) is 6.30. The Morgan fingerprint density at radius 3 is 2.92 bits per heavy atom. The predicted octanol–water partition coefficient (Wildman–Crippen LogP) is 1.96. The van der Waals surface area contributed by atoms with E-state index in [1.807, 2.05) is 24.4 Å². The first-order chi connectivity index (χ1) is 11.7. The van der Waals surface area contributed by atoms with Gasteiger partial charge in [0.05, 0.1) is 6.54 Å². The lowest BCUT2D eigenvalue weighted by atomic mass is 9.91. The zero-order chi connectivity index (χ0) is 16.8. The number of pyridine rings is 2. The molecule has 0 saturated carbocycles. The number of hydrogen-bond donors (Lipinski definition) is 2. The molecule has 126 valence electrons. The molecule has 0 spiro atoms. The van der Waals surface area contributed by atoms with Crippen LogP contribution in [0.2, 0.25) is 0 Å². The molecule has 1 amide bonds. The third kappa shape index (κ3) is 4.76. The van der Waals surface area contributed by atoms with Crippen molar-refractivity contribution in [3.63, 3.8) is 0 Å². The van der Waals surface area contributed by atoms with Crippen LogP contribution < -0.4 is 11.1 Å².